The van der Waals surface area contributed by atoms with E-state index < -0.39 is 0 Å². The van der Waals surface area contributed by atoms with Gasteiger partial charge in [0.25, 0.3) is 0 Å². The average Bonchev–Trinajstić information content (AvgIpc) is 2.47. The number of nitrogens with zero attached hydrogens (tertiary/aromatic N) is 3. The van der Waals surface area contributed by atoms with Gasteiger partial charge in [0, 0.05) is 18.1 Å². The van der Waals surface area contributed by atoms with Crippen LogP contribution in [0, 0.1) is 0 Å². The molecule has 2 aromatic rings. The van der Waals surface area contributed by atoms with Gasteiger partial charge in [0.2, 0.25) is 5.95 Å². The average molecular weight is 292 g/mol. The van der Waals surface area contributed by atoms with Crippen molar-refractivity contribution >= 4 is 23.4 Å². The number of unbranched alkanes of at least 4 members (excludes halogenated alkanes) is 1. The molecule has 0 spiro atoms. The lowest BCUT2D eigenvalue weighted by molar-refractivity contribution is 0.826. The molecule has 1 aromatic heterocycles. The molecule has 0 aliphatic carbocycles. The Balaban J connectivity index is 1.89. The zero-order valence-corrected chi connectivity index (χ0v) is 12.2. The van der Waals surface area contributed by atoms with Crippen molar-refractivity contribution < 1.29 is 0 Å². The molecular formula is C14H18ClN5. The second-order valence-corrected chi connectivity index (χ2v) is 4.86. The number of halogens is 1. The van der Waals surface area contributed by atoms with Crippen LogP contribution < -0.4 is 10.6 Å². The molecule has 0 saturated heterocycles. The van der Waals surface area contributed by atoms with E-state index in [-0.39, 0.29) is 0 Å². The molecule has 1 aromatic carbocycles. The van der Waals surface area contributed by atoms with Crippen molar-refractivity contribution in [2.75, 3.05) is 17.2 Å². The summed E-state index contributed by atoms with van der Waals surface area (Å²) in [6.45, 7) is 3.68. The van der Waals surface area contributed by atoms with Crippen LogP contribution in [0.1, 0.15) is 25.3 Å². The van der Waals surface area contributed by atoms with Gasteiger partial charge in [0.05, 0.1) is 6.20 Å². The fourth-order valence-electron chi connectivity index (χ4n) is 1.64. The smallest absolute Gasteiger partial charge is 0.244 e. The van der Waals surface area contributed by atoms with Crippen LogP contribution in [-0.4, -0.2) is 21.7 Å². The van der Waals surface area contributed by atoms with E-state index in [2.05, 4.69) is 32.7 Å². The molecule has 6 heteroatoms. The topological polar surface area (TPSA) is 62.7 Å². The molecule has 0 unspecified atom stereocenters. The minimum absolute atomic E-state index is 0.515. The molecule has 20 heavy (non-hydrogen) atoms. The molecule has 2 rings (SSSR count). The second-order valence-electron chi connectivity index (χ2n) is 4.43. The largest absolute Gasteiger partial charge is 0.369 e. The third-order valence-corrected chi connectivity index (χ3v) is 3.01. The lowest BCUT2D eigenvalue weighted by Crippen LogP contribution is -2.08. The number of hydrogen-bond donors (Lipinski definition) is 2. The first-order chi connectivity index (χ1) is 9.78. The Kier molecular flexibility index (Phi) is 5.55. The molecule has 0 radical (unpaired) electrons. The predicted octanol–water partition coefficient (Wildman–Crippen LogP) is 3.35. The molecule has 0 amide bonds. The summed E-state index contributed by atoms with van der Waals surface area (Å²) in [6, 6.07) is 7.65. The van der Waals surface area contributed by atoms with Crippen LogP contribution in [0.2, 0.25) is 5.02 Å². The molecule has 0 aliphatic heterocycles. The summed E-state index contributed by atoms with van der Waals surface area (Å²) in [5, 5.41) is 15.0. The fourth-order valence-corrected chi connectivity index (χ4v) is 1.77. The Bertz CT molecular complexity index is 529. The number of hydrogen-bond acceptors (Lipinski definition) is 5. The molecule has 106 valence electrons. The van der Waals surface area contributed by atoms with Gasteiger partial charge in [0.15, 0.2) is 0 Å². The minimum atomic E-state index is 0.515. The van der Waals surface area contributed by atoms with Crippen LogP contribution in [0.5, 0.6) is 0 Å². The van der Waals surface area contributed by atoms with Gasteiger partial charge in [0.1, 0.15) is 5.82 Å². The van der Waals surface area contributed by atoms with Gasteiger partial charge in [-0.05, 0) is 24.1 Å². The van der Waals surface area contributed by atoms with Crippen LogP contribution >= 0.6 is 11.6 Å². The molecular weight excluding hydrogens is 274 g/mol. The lowest BCUT2D eigenvalue weighted by atomic mass is 10.2. The summed E-state index contributed by atoms with van der Waals surface area (Å²) in [5.74, 6) is 1.26. The zero-order chi connectivity index (χ0) is 14.2. The summed E-state index contributed by atoms with van der Waals surface area (Å²) in [6.07, 6.45) is 3.88. The first-order valence-electron chi connectivity index (χ1n) is 6.70. The second kappa shape index (κ2) is 7.65. The molecule has 0 atom stereocenters. The minimum Gasteiger partial charge on any atom is -0.369 e. The molecule has 1 heterocycles. The first kappa shape index (κ1) is 14.5. The van der Waals surface area contributed by atoms with Crippen LogP contribution in [0.3, 0.4) is 0 Å². The third-order valence-electron chi connectivity index (χ3n) is 2.76. The van der Waals surface area contributed by atoms with Crippen molar-refractivity contribution in [3.63, 3.8) is 0 Å². The maximum Gasteiger partial charge on any atom is 0.244 e. The van der Waals surface area contributed by atoms with Crippen molar-refractivity contribution in [3.8, 4) is 0 Å². The highest BCUT2D eigenvalue weighted by atomic mass is 35.5. The Morgan fingerprint density at radius 1 is 1.15 bits per heavy atom. The summed E-state index contributed by atoms with van der Waals surface area (Å²) < 4.78 is 0. The number of benzene rings is 1. The van der Waals surface area contributed by atoms with E-state index in [9.17, 15) is 0 Å². The van der Waals surface area contributed by atoms with Crippen LogP contribution in [0.25, 0.3) is 0 Å². The normalized spacial score (nSPS) is 10.3. The predicted molar refractivity (Wildman–Crippen MR) is 82.0 cm³/mol. The van der Waals surface area contributed by atoms with E-state index in [0.29, 0.717) is 12.5 Å². The van der Waals surface area contributed by atoms with E-state index in [4.69, 9.17) is 11.6 Å². The number of anilines is 2. The molecule has 2 N–H and O–H groups in total. The van der Waals surface area contributed by atoms with Crippen molar-refractivity contribution in [2.24, 2.45) is 0 Å². The van der Waals surface area contributed by atoms with Gasteiger partial charge in [-0.1, -0.05) is 37.1 Å². The third kappa shape index (κ3) is 4.66. The van der Waals surface area contributed by atoms with Crippen LogP contribution in [0.4, 0.5) is 11.8 Å². The van der Waals surface area contributed by atoms with Gasteiger partial charge in [-0.3, -0.25) is 0 Å². The summed E-state index contributed by atoms with van der Waals surface area (Å²) in [7, 11) is 0. The number of aromatic nitrogens is 3. The first-order valence-corrected chi connectivity index (χ1v) is 7.07. The Hall–Kier alpha value is -1.88. The molecule has 5 nitrogen and oxygen atoms in total. The fraction of sp³-hybridized carbons (Fsp3) is 0.357. The van der Waals surface area contributed by atoms with Crippen molar-refractivity contribution in [3.05, 3.63) is 41.0 Å². The summed E-state index contributed by atoms with van der Waals surface area (Å²) >= 11 is 5.85. The Labute approximate surface area is 123 Å². The van der Waals surface area contributed by atoms with Gasteiger partial charge in [-0.2, -0.15) is 10.1 Å². The molecule has 0 bridgehead atoms. The highest BCUT2D eigenvalue weighted by Gasteiger charge is 2.00. The van der Waals surface area contributed by atoms with Gasteiger partial charge in [-0.15, -0.1) is 5.10 Å². The van der Waals surface area contributed by atoms with Gasteiger partial charge < -0.3 is 10.6 Å². The Morgan fingerprint density at radius 3 is 2.70 bits per heavy atom. The number of nitrogens with one attached hydrogen (secondary N) is 2. The van der Waals surface area contributed by atoms with E-state index >= 15 is 0 Å². The maximum absolute atomic E-state index is 5.85. The summed E-state index contributed by atoms with van der Waals surface area (Å²) in [5.41, 5.74) is 1.11. The van der Waals surface area contributed by atoms with Crippen LogP contribution in [-0.2, 0) is 6.54 Å². The number of rotatable bonds is 7. The Morgan fingerprint density at radius 2 is 1.95 bits per heavy atom. The van der Waals surface area contributed by atoms with E-state index in [0.717, 1.165) is 35.8 Å². The highest BCUT2D eigenvalue weighted by Crippen LogP contribution is 2.11. The molecule has 0 aliphatic rings. The standard InChI is InChI=1S/C14H18ClN5/c1-2-3-8-16-13-10-18-20-14(19-13)17-9-11-4-6-12(15)7-5-11/h4-7,10H,2-3,8-9H2,1H3,(H2,16,17,19,20). The maximum atomic E-state index is 5.85. The van der Waals surface area contributed by atoms with Gasteiger partial charge >= 0.3 is 0 Å². The molecule has 0 fully saturated rings. The quantitative estimate of drug-likeness (QED) is 0.766. The lowest BCUT2D eigenvalue weighted by Gasteiger charge is -2.07. The van der Waals surface area contributed by atoms with E-state index in [1.807, 2.05) is 24.3 Å². The van der Waals surface area contributed by atoms with Gasteiger partial charge in [-0.25, -0.2) is 0 Å². The SMILES string of the molecule is CCCCNc1cnnc(NCc2ccc(Cl)cc2)n1. The van der Waals surface area contributed by atoms with Crippen molar-refractivity contribution in [2.45, 2.75) is 26.3 Å². The van der Waals surface area contributed by atoms with Crippen molar-refractivity contribution in [1.29, 1.82) is 0 Å². The summed E-state index contributed by atoms with van der Waals surface area (Å²) in [4.78, 5) is 4.36. The highest BCUT2D eigenvalue weighted by molar-refractivity contribution is 6.30. The zero-order valence-electron chi connectivity index (χ0n) is 11.4. The molecule has 0 saturated carbocycles. The van der Waals surface area contributed by atoms with Crippen molar-refractivity contribution in [1.82, 2.24) is 15.2 Å². The van der Waals surface area contributed by atoms with Crippen LogP contribution in [0.15, 0.2) is 30.5 Å². The van der Waals surface area contributed by atoms with E-state index in [1.165, 1.54) is 0 Å². The van der Waals surface area contributed by atoms with E-state index in [1.54, 1.807) is 6.20 Å². The monoisotopic (exact) mass is 291 g/mol.